The van der Waals surface area contributed by atoms with Crippen molar-refractivity contribution in [2.24, 2.45) is 0 Å². The highest BCUT2D eigenvalue weighted by atomic mass is 35.5. The molecule has 2 atom stereocenters. The second kappa shape index (κ2) is 30.6. The van der Waals surface area contributed by atoms with Crippen LogP contribution in [0.5, 0.6) is 11.5 Å². The van der Waals surface area contributed by atoms with Gasteiger partial charge in [0.05, 0.1) is 46.3 Å². The highest BCUT2D eigenvalue weighted by Crippen LogP contribution is 2.36. The van der Waals surface area contributed by atoms with Gasteiger partial charge in [-0.05, 0) is 123 Å². The number of pyridine rings is 2. The molecule has 10 aromatic rings. The fraction of sp³-hybridized carbons (Fsp3) is 0.278. The number of hydrogen-bond acceptors (Lipinski definition) is 12. The van der Waals surface area contributed by atoms with Crippen LogP contribution in [0.2, 0.25) is 0 Å². The highest BCUT2D eigenvalue weighted by Gasteiger charge is 2.24. The monoisotopic (exact) mass is 1260 g/mol. The Labute approximate surface area is 542 Å². The van der Waals surface area contributed by atoms with Gasteiger partial charge in [-0.3, -0.25) is 20.2 Å². The van der Waals surface area contributed by atoms with Crippen molar-refractivity contribution in [1.82, 2.24) is 29.5 Å². The third kappa shape index (κ3) is 18.7. The molecule has 0 saturated carbocycles. The van der Waals surface area contributed by atoms with Gasteiger partial charge in [0.2, 0.25) is 11.1 Å². The van der Waals surface area contributed by atoms with Gasteiger partial charge in [0.1, 0.15) is 41.4 Å². The van der Waals surface area contributed by atoms with Crippen LogP contribution in [0, 0.1) is 13.8 Å². The Morgan fingerprint density at radius 1 is 0.543 bits per heavy atom. The normalized spacial score (nSPS) is 11.9. The van der Waals surface area contributed by atoms with Crippen molar-refractivity contribution in [2.45, 2.75) is 118 Å². The fourth-order valence-electron chi connectivity index (χ4n) is 9.76. The predicted octanol–water partition coefficient (Wildman–Crippen LogP) is 15.7. The first-order valence-electron chi connectivity index (χ1n) is 30.3. The minimum atomic E-state index is -0.461. The van der Waals surface area contributed by atoms with E-state index < -0.39 is 5.24 Å². The Kier molecular flexibility index (Phi) is 22.6. The zero-order chi connectivity index (χ0) is 66.3. The molecule has 0 aliphatic heterocycles. The van der Waals surface area contributed by atoms with E-state index in [1.165, 1.54) is 7.11 Å². The lowest BCUT2D eigenvalue weighted by Crippen LogP contribution is -2.21. The summed E-state index contributed by atoms with van der Waals surface area (Å²) in [5.74, 6) is 3.56. The van der Waals surface area contributed by atoms with Crippen molar-refractivity contribution in [3.63, 3.8) is 0 Å². The molecule has 0 saturated heterocycles. The summed E-state index contributed by atoms with van der Waals surface area (Å²) in [4.78, 5) is 56.4. The first kappa shape index (κ1) is 67.8. The molecule has 0 fully saturated rings. The van der Waals surface area contributed by atoms with Crippen LogP contribution in [0.15, 0.2) is 170 Å². The smallest absolute Gasteiger partial charge is 0.324 e. The van der Waals surface area contributed by atoms with E-state index in [-0.39, 0.29) is 47.6 Å². The van der Waals surface area contributed by atoms with Crippen molar-refractivity contribution in [3.8, 4) is 22.9 Å². The number of carbonyl (C=O) groups excluding carboxylic acids is 4. The van der Waals surface area contributed by atoms with Gasteiger partial charge < -0.3 is 35.9 Å². The average molecular weight is 1260 g/mol. The summed E-state index contributed by atoms with van der Waals surface area (Å²) in [6.45, 7) is 22.5. The van der Waals surface area contributed by atoms with Crippen LogP contribution in [0.4, 0.5) is 44.2 Å². The number of methoxy groups -OCH3 is 1. The largest absolute Gasteiger partial charge is 0.490 e. The number of carbonyl (C=O) groups is 4. The summed E-state index contributed by atoms with van der Waals surface area (Å²) in [6, 6.07) is 49.9. The van der Waals surface area contributed by atoms with Crippen LogP contribution >= 0.6 is 11.6 Å². The third-order valence-electron chi connectivity index (χ3n) is 14.5. The molecule has 5 amide bonds. The van der Waals surface area contributed by atoms with Crippen molar-refractivity contribution in [1.29, 1.82) is 0 Å². The summed E-state index contributed by atoms with van der Waals surface area (Å²) >= 11 is 4.81. The lowest BCUT2D eigenvalue weighted by Gasteiger charge is -2.18. The number of anilines is 6. The molecule has 0 radical (unpaired) electrons. The molecule has 10 rings (SSSR count). The lowest BCUT2D eigenvalue weighted by molar-refractivity contribution is -0.116. The zero-order valence-electron chi connectivity index (χ0n) is 54.1. The Bertz CT molecular complexity index is 4190. The number of ether oxygens (including phenoxy) is 3. The first-order valence-corrected chi connectivity index (χ1v) is 30.7. The van der Waals surface area contributed by atoms with E-state index >= 15 is 0 Å². The maximum atomic E-state index is 13.4. The van der Waals surface area contributed by atoms with Crippen molar-refractivity contribution < 1.29 is 33.4 Å². The fourth-order valence-corrected chi connectivity index (χ4v) is 9.87. The van der Waals surface area contributed by atoms with Gasteiger partial charge in [-0.2, -0.15) is 10.2 Å². The van der Waals surface area contributed by atoms with E-state index in [9.17, 15) is 19.2 Å². The van der Waals surface area contributed by atoms with Crippen molar-refractivity contribution in [3.05, 3.63) is 204 Å². The maximum absolute atomic E-state index is 13.4. The van der Waals surface area contributed by atoms with Crippen molar-refractivity contribution >= 4 is 91.0 Å². The van der Waals surface area contributed by atoms with Gasteiger partial charge in [-0.1, -0.05) is 132 Å². The number of urea groups is 2. The molecular formula is C72H81ClN12O7. The highest BCUT2D eigenvalue weighted by molar-refractivity contribution is 6.63. The number of aromatic nitrogens is 6. The zero-order valence-corrected chi connectivity index (χ0v) is 54.9. The van der Waals surface area contributed by atoms with E-state index in [2.05, 4.69) is 82.8 Å². The summed E-state index contributed by atoms with van der Waals surface area (Å²) in [7, 11) is 1.42. The van der Waals surface area contributed by atoms with Crippen molar-refractivity contribution in [2.75, 3.05) is 46.0 Å². The minimum Gasteiger partial charge on any atom is -0.490 e. The summed E-state index contributed by atoms with van der Waals surface area (Å²) in [6.07, 6.45) is 4.84. The average Bonchev–Trinajstić information content (AvgIpc) is 1.35. The Hall–Kier alpha value is -10.1. The maximum Gasteiger partial charge on any atom is 0.324 e. The molecule has 0 aliphatic rings. The topological polar surface area (TPSA) is 244 Å². The number of fused-ring (bicyclic) bond motifs is 2. The van der Waals surface area contributed by atoms with Gasteiger partial charge in [0.15, 0.2) is 0 Å². The van der Waals surface area contributed by atoms with E-state index in [1.54, 1.807) is 28.7 Å². The van der Waals surface area contributed by atoms with E-state index in [0.29, 0.717) is 59.7 Å². The molecule has 4 aromatic heterocycles. The molecular weight excluding hydrogens is 1180 g/mol. The molecule has 19 nitrogen and oxygen atoms in total. The lowest BCUT2D eigenvalue weighted by atomic mass is 9.92. The number of rotatable bonds is 18. The third-order valence-corrected chi connectivity index (χ3v) is 14.6. The van der Waals surface area contributed by atoms with Crippen LogP contribution in [0.3, 0.4) is 0 Å². The summed E-state index contributed by atoms with van der Waals surface area (Å²) < 4.78 is 20.6. The molecule has 4 heterocycles. The molecule has 0 bridgehead atoms. The number of hydrogen-bond donors (Lipinski definition) is 6. The number of aryl methyl sites for hydroxylation is 2. The predicted molar refractivity (Wildman–Crippen MR) is 369 cm³/mol. The number of benzene rings is 6. The second-order valence-corrected chi connectivity index (χ2v) is 24.8. The van der Waals surface area contributed by atoms with Crippen LogP contribution in [0.1, 0.15) is 102 Å². The van der Waals surface area contributed by atoms with Gasteiger partial charge in [-0.15, -0.1) is 0 Å². The molecule has 20 heteroatoms. The molecule has 2 unspecified atom stereocenters. The van der Waals surface area contributed by atoms with E-state index in [4.69, 9.17) is 37.0 Å². The summed E-state index contributed by atoms with van der Waals surface area (Å²) in [5.41, 5.74) is 14.6. The number of nitrogens with two attached hydrogens (primary N) is 1. The van der Waals surface area contributed by atoms with Crippen LogP contribution < -0.4 is 41.8 Å². The van der Waals surface area contributed by atoms with E-state index in [1.807, 2.05) is 185 Å². The van der Waals surface area contributed by atoms with E-state index in [0.717, 1.165) is 72.3 Å². The molecule has 0 aliphatic carbocycles. The second-order valence-electron chi connectivity index (χ2n) is 24.4. The number of amides is 5. The van der Waals surface area contributed by atoms with Gasteiger partial charge >= 0.3 is 12.1 Å². The Morgan fingerprint density at radius 2 is 0.967 bits per heavy atom. The minimum absolute atomic E-state index is 0.00154. The molecule has 0 spiro atoms. The van der Waals surface area contributed by atoms with Gasteiger partial charge in [-0.25, -0.2) is 28.9 Å². The van der Waals surface area contributed by atoms with Crippen LogP contribution in [-0.4, -0.2) is 78.7 Å². The summed E-state index contributed by atoms with van der Waals surface area (Å²) in [5, 5.41) is 27.6. The van der Waals surface area contributed by atoms with Crippen LogP contribution in [0.25, 0.3) is 32.9 Å². The van der Waals surface area contributed by atoms with Crippen LogP contribution in [-0.2, 0) is 38.0 Å². The number of nitrogen functional groups attached to an aromatic ring is 1. The molecule has 7 N–H and O–H groups in total. The number of nitrogens with zero attached hydrogens (tertiary/aromatic N) is 6. The first-order chi connectivity index (χ1) is 43.8. The SMILES string of the molecule is CCC(=O)Nc1cc(CC(C)Oc2ccc(NC(=O)Nc3cc(C(C)(C)C)nn3-c3ccc(C)cc3)c3ccccc23)ccn1.COCC(=O)Cl.Cc1ccc(-n2nc(C(C)(C)C)cc2NC(=O)Nc2ccc(OC(C)Cc3ccnc(N)c3)c3ccccc23)cc1. The molecule has 478 valence electrons. The number of nitrogens with one attached hydrogen (secondary N) is 5. The number of halogens is 1. The standard InChI is InChI=1S/C36H40N6O3.C33H36N6O2.C3H5ClO2/c1-7-34(43)39-32-21-25(18-19-37-32)20-24(3)45-30-17-16-29(27-10-8-9-11-28(27)30)38-35(44)40-33-22-31(36(4,5)6)41-42(33)26-14-12-23(2)13-15-26;1-21-10-12-24(13-11-21)39-31(20-29(38-39)33(3,4)5)37-32(40)36-27-14-15-28(26-9-7-6-8-25(26)27)41-22(2)18-23-16-17-35-30(34)19-23;1-6-2-3(4)5/h8-19,21-22,24H,7,20H2,1-6H3,(H,37,39,43)(H2,38,40,44);6-17,19-20,22H,18H2,1-5H3,(H2,34,35)(H2,36,37,40);2H2,1H3. The Morgan fingerprint density at radius 3 is 1.36 bits per heavy atom. The quantitative estimate of drug-likeness (QED) is 0.0440. The van der Waals surface area contributed by atoms with Gasteiger partial charge in [0.25, 0.3) is 0 Å². The Balaban J connectivity index is 0.000000218. The molecule has 92 heavy (non-hydrogen) atoms. The van der Waals surface area contributed by atoms with Gasteiger partial charge in [0, 0.05) is 83.3 Å². The molecule has 6 aromatic carbocycles.